The van der Waals surface area contributed by atoms with E-state index >= 15 is 0 Å². The Labute approximate surface area is 111 Å². The molecule has 0 saturated heterocycles. The lowest BCUT2D eigenvalue weighted by Gasteiger charge is -2.25. The van der Waals surface area contributed by atoms with Crippen molar-refractivity contribution in [3.05, 3.63) is 54.4 Å². The maximum atomic E-state index is 5.82. The van der Waals surface area contributed by atoms with Gasteiger partial charge in [-0.25, -0.2) is 0 Å². The number of ether oxygens (including phenoxy) is 2. The number of benzene rings is 1. The molecule has 1 aliphatic rings. The second-order valence-corrected chi connectivity index (χ2v) is 4.27. The highest BCUT2D eigenvalue weighted by molar-refractivity contribution is 5.79. The van der Waals surface area contributed by atoms with Gasteiger partial charge in [0.15, 0.2) is 17.6 Å². The molecular formula is C15H14N2O2. The average Bonchev–Trinajstić information content (AvgIpc) is 2.48. The first kappa shape index (κ1) is 11.7. The molecule has 2 aromatic rings. The normalized spacial score (nSPS) is 17.6. The highest BCUT2D eigenvalue weighted by atomic mass is 16.6. The third-order valence-corrected chi connectivity index (χ3v) is 2.82. The van der Waals surface area contributed by atoms with E-state index in [1.54, 1.807) is 12.4 Å². The molecule has 4 heteroatoms. The van der Waals surface area contributed by atoms with Crippen LogP contribution in [-0.4, -0.2) is 30.5 Å². The van der Waals surface area contributed by atoms with Gasteiger partial charge in [-0.1, -0.05) is 12.1 Å². The monoisotopic (exact) mass is 254 g/mol. The zero-order valence-corrected chi connectivity index (χ0v) is 10.4. The Kier molecular flexibility index (Phi) is 3.40. The van der Waals surface area contributed by atoms with Gasteiger partial charge in [-0.3, -0.25) is 9.98 Å². The van der Waals surface area contributed by atoms with E-state index in [1.165, 1.54) is 0 Å². The lowest BCUT2D eigenvalue weighted by atomic mass is 10.2. The van der Waals surface area contributed by atoms with E-state index in [2.05, 4.69) is 9.98 Å². The van der Waals surface area contributed by atoms with E-state index in [0.717, 1.165) is 17.1 Å². The molecule has 0 aliphatic carbocycles. The van der Waals surface area contributed by atoms with Crippen molar-refractivity contribution >= 4 is 6.21 Å². The van der Waals surface area contributed by atoms with Gasteiger partial charge in [0.1, 0.15) is 6.61 Å². The van der Waals surface area contributed by atoms with Crippen molar-refractivity contribution in [2.45, 2.75) is 6.10 Å². The van der Waals surface area contributed by atoms with Crippen LogP contribution in [0.2, 0.25) is 0 Å². The van der Waals surface area contributed by atoms with Crippen LogP contribution >= 0.6 is 0 Å². The van der Waals surface area contributed by atoms with E-state index in [0.29, 0.717) is 13.2 Å². The molecular weight excluding hydrogens is 240 g/mol. The highest BCUT2D eigenvalue weighted by Gasteiger charge is 2.19. The molecule has 0 fully saturated rings. The molecule has 1 atom stereocenters. The minimum atomic E-state index is -0.0343. The second-order valence-electron chi connectivity index (χ2n) is 4.27. The molecule has 4 nitrogen and oxygen atoms in total. The van der Waals surface area contributed by atoms with Gasteiger partial charge in [-0.05, 0) is 29.8 Å². The number of para-hydroxylation sites is 2. The Bertz CT molecular complexity index is 569. The summed E-state index contributed by atoms with van der Waals surface area (Å²) in [6.45, 7) is 1.11. The molecule has 1 aromatic heterocycles. The lowest BCUT2D eigenvalue weighted by Crippen LogP contribution is -2.31. The first-order valence-electron chi connectivity index (χ1n) is 6.20. The van der Waals surface area contributed by atoms with Crippen molar-refractivity contribution in [3.63, 3.8) is 0 Å². The van der Waals surface area contributed by atoms with E-state index in [1.807, 2.05) is 42.6 Å². The summed E-state index contributed by atoms with van der Waals surface area (Å²) in [6, 6.07) is 11.5. The van der Waals surface area contributed by atoms with Crippen LogP contribution in [0.4, 0.5) is 0 Å². The summed E-state index contributed by atoms with van der Waals surface area (Å²) >= 11 is 0. The molecule has 1 aromatic carbocycles. The van der Waals surface area contributed by atoms with Gasteiger partial charge < -0.3 is 9.47 Å². The van der Waals surface area contributed by atoms with E-state index < -0.39 is 0 Å². The molecule has 19 heavy (non-hydrogen) atoms. The summed E-state index contributed by atoms with van der Waals surface area (Å²) in [5, 5.41) is 0. The number of aromatic nitrogens is 1. The molecule has 0 bridgehead atoms. The lowest BCUT2D eigenvalue weighted by molar-refractivity contribution is 0.0973. The van der Waals surface area contributed by atoms with Crippen LogP contribution in [0, 0.1) is 0 Å². The van der Waals surface area contributed by atoms with Crippen LogP contribution in [0.25, 0.3) is 0 Å². The first-order chi connectivity index (χ1) is 9.42. The van der Waals surface area contributed by atoms with E-state index in [9.17, 15) is 0 Å². The Hall–Kier alpha value is -2.36. The molecule has 0 saturated carbocycles. The maximum absolute atomic E-state index is 5.82. The smallest absolute Gasteiger partial charge is 0.161 e. The number of hydrogen-bond acceptors (Lipinski definition) is 4. The number of fused-ring (bicyclic) bond motifs is 1. The fourth-order valence-electron chi connectivity index (χ4n) is 1.88. The SMILES string of the molecule is C(=NCC1COc2ccccc2O1)c1ccncc1. The fraction of sp³-hybridized carbons (Fsp3) is 0.200. The van der Waals surface area contributed by atoms with Gasteiger partial charge in [0, 0.05) is 18.6 Å². The Morgan fingerprint density at radius 3 is 2.79 bits per heavy atom. The molecule has 0 amide bonds. The van der Waals surface area contributed by atoms with E-state index in [4.69, 9.17) is 9.47 Å². The van der Waals surface area contributed by atoms with Crippen LogP contribution < -0.4 is 9.47 Å². The van der Waals surface area contributed by atoms with Crippen LogP contribution in [0.1, 0.15) is 5.56 Å². The third-order valence-electron chi connectivity index (χ3n) is 2.82. The molecule has 0 spiro atoms. The maximum Gasteiger partial charge on any atom is 0.161 e. The first-order valence-corrected chi connectivity index (χ1v) is 6.20. The fourth-order valence-corrected chi connectivity index (χ4v) is 1.88. The Balaban J connectivity index is 1.59. The Morgan fingerprint density at radius 1 is 1.16 bits per heavy atom. The van der Waals surface area contributed by atoms with Crippen LogP contribution in [0.3, 0.4) is 0 Å². The van der Waals surface area contributed by atoms with Gasteiger partial charge in [-0.2, -0.15) is 0 Å². The summed E-state index contributed by atoms with van der Waals surface area (Å²) in [5.74, 6) is 1.59. The zero-order chi connectivity index (χ0) is 12.9. The van der Waals surface area contributed by atoms with Gasteiger partial charge >= 0.3 is 0 Å². The van der Waals surface area contributed by atoms with Crippen molar-refractivity contribution in [2.24, 2.45) is 4.99 Å². The summed E-state index contributed by atoms with van der Waals surface area (Å²) in [4.78, 5) is 8.34. The molecule has 3 rings (SSSR count). The largest absolute Gasteiger partial charge is 0.486 e. The van der Waals surface area contributed by atoms with Crippen molar-refractivity contribution in [1.82, 2.24) is 4.98 Å². The van der Waals surface area contributed by atoms with Crippen molar-refractivity contribution in [3.8, 4) is 11.5 Å². The summed E-state index contributed by atoms with van der Waals surface area (Å²) < 4.78 is 11.4. The van der Waals surface area contributed by atoms with Crippen molar-refractivity contribution in [1.29, 1.82) is 0 Å². The summed E-state index contributed by atoms with van der Waals surface area (Å²) in [7, 11) is 0. The molecule has 0 N–H and O–H groups in total. The van der Waals surface area contributed by atoms with Crippen molar-refractivity contribution in [2.75, 3.05) is 13.2 Å². The topological polar surface area (TPSA) is 43.7 Å². The number of hydrogen-bond donors (Lipinski definition) is 0. The second kappa shape index (κ2) is 5.52. The third kappa shape index (κ3) is 2.91. The van der Waals surface area contributed by atoms with Gasteiger partial charge in [-0.15, -0.1) is 0 Å². The minimum Gasteiger partial charge on any atom is -0.486 e. The van der Waals surface area contributed by atoms with Crippen LogP contribution in [0.15, 0.2) is 53.8 Å². The standard InChI is InChI=1S/C15H14N2O2/c1-2-4-15-14(3-1)18-11-13(19-15)10-17-9-12-5-7-16-8-6-12/h1-9,13H,10-11H2. The van der Waals surface area contributed by atoms with Gasteiger partial charge in [0.2, 0.25) is 0 Å². The Morgan fingerprint density at radius 2 is 1.95 bits per heavy atom. The average molecular weight is 254 g/mol. The molecule has 0 radical (unpaired) electrons. The zero-order valence-electron chi connectivity index (χ0n) is 10.4. The molecule has 1 aliphatic heterocycles. The quantitative estimate of drug-likeness (QED) is 0.790. The highest BCUT2D eigenvalue weighted by Crippen LogP contribution is 2.30. The predicted molar refractivity (Wildman–Crippen MR) is 73.1 cm³/mol. The molecule has 1 unspecified atom stereocenters. The number of aliphatic imine (C=N–C) groups is 1. The van der Waals surface area contributed by atoms with Gasteiger partial charge in [0.25, 0.3) is 0 Å². The van der Waals surface area contributed by atoms with Crippen molar-refractivity contribution < 1.29 is 9.47 Å². The summed E-state index contributed by atoms with van der Waals surface area (Å²) in [6.07, 6.45) is 5.29. The number of nitrogens with zero attached hydrogens (tertiary/aromatic N) is 2. The van der Waals surface area contributed by atoms with Crippen LogP contribution in [-0.2, 0) is 0 Å². The molecule has 2 heterocycles. The van der Waals surface area contributed by atoms with E-state index in [-0.39, 0.29) is 6.10 Å². The van der Waals surface area contributed by atoms with Crippen LogP contribution in [0.5, 0.6) is 11.5 Å². The number of pyridine rings is 1. The predicted octanol–water partition coefficient (Wildman–Crippen LogP) is 2.34. The number of rotatable bonds is 3. The molecule has 96 valence electrons. The minimum absolute atomic E-state index is 0.0343. The summed E-state index contributed by atoms with van der Waals surface area (Å²) in [5.41, 5.74) is 1.03. The van der Waals surface area contributed by atoms with Gasteiger partial charge in [0.05, 0.1) is 6.54 Å².